The molecule has 0 aromatic rings. The molecular weight excluding hydrogens is 176 g/mol. The number of hydrogen-bond acceptors (Lipinski definition) is 4. The Morgan fingerprint density at radius 3 is 2.64 bits per heavy atom. The molecule has 0 radical (unpaired) electrons. The zero-order valence-corrected chi connectivity index (χ0v) is 9.20. The lowest BCUT2D eigenvalue weighted by Gasteiger charge is -2.23. The van der Waals surface area contributed by atoms with Crippen LogP contribution in [0.5, 0.6) is 0 Å². The molecule has 0 aliphatic heterocycles. The van der Waals surface area contributed by atoms with Gasteiger partial charge < -0.3 is 15.6 Å². The minimum atomic E-state index is 0.650. The van der Waals surface area contributed by atoms with Gasteiger partial charge in [-0.2, -0.15) is 0 Å². The molecule has 0 unspecified atom stereocenters. The number of rotatable bonds is 6. The molecule has 4 nitrogen and oxygen atoms in total. The maximum Gasteiger partial charge on any atom is 0.0994 e. The number of allylic oxidation sites excluding steroid dienone is 3. The van der Waals surface area contributed by atoms with E-state index in [2.05, 4.69) is 12.0 Å². The molecule has 0 saturated heterocycles. The highest BCUT2D eigenvalue weighted by Gasteiger charge is 1.97. The van der Waals surface area contributed by atoms with Crippen molar-refractivity contribution < 1.29 is 0 Å². The Morgan fingerprint density at radius 1 is 1.50 bits per heavy atom. The van der Waals surface area contributed by atoms with Gasteiger partial charge in [-0.25, -0.2) is 5.43 Å². The third-order valence-electron chi connectivity index (χ3n) is 1.66. The summed E-state index contributed by atoms with van der Waals surface area (Å²) in [4.78, 5) is 1.89. The summed E-state index contributed by atoms with van der Waals surface area (Å²) in [7, 11) is 3.84. The SMILES string of the molecule is C=C/C=C(/N)N(C)CNN(C)/C=C/C. The molecule has 0 aliphatic rings. The van der Waals surface area contributed by atoms with Gasteiger partial charge in [-0.3, -0.25) is 0 Å². The number of hydrazine groups is 1. The molecule has 4 heteroatoms. The van der Waals surface area contributed by atoms with Gasteiger partial charge in [-0.05, 0) is 13.0 Å². The van der Waals surface area contributed by atoms with Gasteiger partial charge in [0.05, 0.1) is 12.5 Å². The molecule has 0 heterocycles. The summed E-state index contributed by atoms with van der Waals surface area (Å²) in [5.74, 6) is 0.682. The Labute approximate surface area is 86.3 Å². The van der Waals surface area contributed by atoms with E-state index in [-0.39, 0.29) is 0 Å². The van der Waals surface area contributed by atoms with E-state index in [0.717, 1.165) is 0 Å². The summed E-state index contributed by atoms with van der Waals surface area (Å²) in [6.07, 6.45) is 7.32. The Hall–Kier alpha value is -1.42. The van der Waals surface area contributed by atoms with Crippen LogP contribution in [0.1, 0.15) is 6.92 Å². The predicted octanol–water partition coefficient (Wildman–Crippen LogP) is 0.832. The molecule has 0 atom stereocenters. The van der Waals surface area contributed by atoms with Crippen molar-refractivity contribution in [2.75, 3.05) is 20.8 Å². The third-order valence-corrected chi connectivity index (χ3v) is 1.66. The second-order valence-corrected chi connectivity index (χ2v) is 2.93. The summed E-state index contributed by atoms with van der Waals surface area (Å²) in [6.45, 7) is 6.20. The Morgan fingerprint density at radius 2 is 2.14 bits per heavy atom. The second kappa shape index (κ2) is 7.03. The average molecular weight is 196 g/mol. The van der Waals surface area contributed by atoms with Crippen LogP contribution >= 0.6 is 0 Å². The monoisotopic (exact) mass is 196 g/mol. The predicted molar refractivity (Wildman–Crippen MR) is 60.8 cm³/mol. The summed E-state index contributed by atoms with van der Waals surface area (Å²) in [6, 6.07) is 0. The molecule has 0 amide bonds. The summed E-state index contributed by atoms with van der Waals surface area (Å²) in [5, 5.41) is 1.87. The van der Waals surface area contributed by atoms with E-state index in [0.29, 0.717) is 12.5 Å². The van der Waals surface area contributed by atoms with Gasteiger partial charge in [-0.1, -0.05) is 18.7 Å². The van der Waals surface area contributed by atoms with Gasteiger partial charge in [-0.15, -0.1) is 0 Å². The number of nitrogens with zero attached hydrogens (tertiary/aromatic N) is 2. The lowest BCUT2D eigenvalue weighted by Crippen LogP contribution is -2.39. The fourth-order valence-electron chi connectivity index (χ4n) is 0.833. The lowest BCUT2D eigenvalue weighted by molar-refractivity contribution is 0.245. The van der Waals surface area contributed by atoms with Crippen LogP contribution in [0.4, 0.5) is 0 Å². The standard InChI is InChI=1S/C10H20N4/c1-5-7-10(11)13(3)9-12-14(4)8-6-2/h5-8,12H,1,9,11H2,2-4H3/b8-6+,10-7-. The Balaban J connectivity index is 3.89. The van der Waals surface area contributed by atoms with Crippen molar-refractivity contribution in [3.05, 3.63) is 36.8 Å². The first-order chi connectivity index (χ1) is 6.61. The molecule has 3 N–H and O–H groups in total. The minimum Gasteiger partial charge on any atom is -0.385 e. The molecule has 0 aliphatic carbocycles. The first-order valence-corrected chi connectivity index (χ1v) is 4.50. The van der Waals surface area contributed by atoms with E-state index >= 15 is 0 Å². The van der Waals surface area contributed by atoms with E-state index in [9.17, 15) is 0 Å². The Kier molecular flexibility index (Phi) is 6.32. The molecule has 0 bridgehead atoms. The van der Waals surface area contributed by atoms with Crippen LogP contribution in [0.2, 0.25) is 0 Å². The highest BCUT2D eigenvalue weighted by Crippen LogP contribution is 1.91. The molecule has 0 fully saturated rings. The smallest absolute Gasteiger partial charge is 0.0994 e. The molecule has 0 aromatic heterocycles. The number of nitrogens with two attached hydrogens (primary N) is 1. The van der Waals surface area contributed by atoms with Gasteiger partial charge in [0.2, 0.25) is 0 Å². The molecule has 14 heavy (non-hydrogen) atoms. The van der Waals surface area contributed by atoms with Gasteiger partial charge in [0.15, 0.2) is 0 Å². The summed E-state index contributed by atoms with van der Waals surface area (Å²) in [5.41, 5.74) is 8.87. The molecule has 0 aromatic carbocycles. The maximum absolute atomic E-state index is 5.73. The van der Waals surface area contributed by atoms with Crippen LogP contribution in [-0.4, -0.2) is 30.7 Å². The second-order valence-electron chi connectivity index (χ2n) is 2.93. The van der Waals surface area contributed by atoms with Crippen LogP contribution in [0.25, 0.3) is 0 Å². The van der Waals surface area contributed by atoms with Crippen LogP contribution < -0.4 is 11.2 Å². The zero-order valence-electron chi connectivity index (χ0n) is 9.20. The summed E-state index contributed by atoms with van der Waals surface area (Å²) >= 11 is 0. The first kappa shape index (κ1) is 12.6. The fourth-order valence-corrected chi connectivity index (χ4v) is 0.833. The van der Waals surface area contributed by atoms with E-state index in [1.54, 1.807) is 12.2 Å². The topological polar surface area (TPSA) is 44.5 Å². The average Bonchev–Trinajstić information content (AvgIpc) is 2.15. The van der Waals surface area contributed by atoms with Crippen molar-refractivity contribution in [2.45, 2.75) is 6.92 Å². The van der Waals surface area contributed by atoms with E-state index < -0.39 is 0 Å². The van der Waals surface area contributed by atoms with Crippen LogP contribution in [-0.2, 0) is 0 Å². The van der Waals surface area contributed by atoms with Crippen molar-refractivity contribution in [3.8, 4) is 0 Å². The normalized spacial score (nSPS) is 11.8. The van der Waals surface area contributed by atoms with Gasteiger partial charge in [0, 0.05) is 20.3 Å². The maximum atomic E-state index is 5.73. The van der Waals surface area contributed by atoms with Crippen LogP contribution in [0.15, 0.2) is 36.8 Å². The van der Waals surface area contributed by atoms with E-state index in [4.69, 9.17) is 5.73 Å². The first-order valence-electron chi connectivity index (χ1n) is 4.50. The Bertz CT molecular complexity index is 220. The summed E-state index contributed by atoms with van der Waals surface area (Å²) < 4.78 is 0. The quantitative estimate of drug-likeness (QED) is 0.375. The highest BCUT2D eigenvalue weighted by atomic mass is 15.5. The molecule has 80 valence electrons. The number of hydrogen-bond donors (Lipinski definition) is 2. The van der Waals surface area contributed by atoms with Crippen LogP contribution in [0.3, 0.4) is 0 Å². The van der Waals surface area contributed by atoms with E-state index in [1.165, 1.54) is 0 Å². The molecule has 0 spiro atoms. The highest BCUT2D eigenvalue weighted by molar-refractivity contribution is 5.05. The number of nitrogens with one attached hydrogen (secondary N) is 1. The van der Waals surface area contributed by atoms with E-state index in [1.807, 2.05) is 43.2 Å². The molecule has 0 saturated carbocycles. The van der Waals surface area contributed by atoms with Gasteiger partial charge >= 0.3 is 0 Å². The van der Waals surface area contributed by atoms with Crippen molar-refractivity contribution in [2.24, 2.45) is 5.73 Å². The zero-order chi connectivity index (χ0) is 11.0. The van der Waals surface area contributed by atoms with Crippen LogP contribution in [0, 0.1) is 0 Å². The molecular formula is C10H20N4. The molecule has 0 rings (SSSR count). The van der Waals surface area contributed by atoms with Gasteiger partial charge in [0.1, 0.15) is 0 Å². The van der Waals surface area contributed by atoms with Crippen molar-refractivity contribution in [1.29, 1.82) is 0 Å². The minimum absolute atomic E-state index is 0.650. The van der Waals surface area contributed by atoms with Crippen molar-refractivity contribution in [1.82, 2.24) is 15.3 Å². The third kappa shape index (κ3) is 5.27. The van der Waals surface area contributed by atoms with Crippen molar-refractivity contribution in [3.63, 3.8) is 0 Å². The largest absolute Gasteiger partial charge is 0.385 e. The lowest BCUT2D eigenvalue weighted by atomic mass is 10.5. The fraction of sp³-hybridized carbons (Fsp3) is 0.400. The van der Waals surface area contributed by atoms with Gasteiger partial charge in [0.25, 0.3) is 0 Å². The van der Waals surface area contributed by atoms with Crippen molar-refractivity contribution >= 4 is 0 Å².